The SMILES string of the molecule is CC[C@@H](NC(=O)C(=O)C(C)NC(=O)[C@H](CC(=O)N(C)C)NC(=O)[C@@H](NC(=O)CC(C)(C)C)C(C)(C)C)c1ccccc1. The van der Waals surface area contributed by atoms with Crippen molar-refractivity contribution in [1.29, 1.82) is 0 Å². The van der Waals surface area contributed by atoms with Crippen LogP contribution in [0.2, 0.25) is 0 Å². The maximum Gasteiger partial charge on any atom is 0.290 e. The molecule has 42 heavy (non-hydrogen) atoms. The van der Waals surface area contributed by atoms with E-state index in [9.17, 15) is 28.8 Å². The number of carbonyl (C=O) groups is 6. The van der Waals surface area contributed by atoms with Gasteiger partial charge in [0, 0.05) is 20.5 Å². The molecule has 1 aromatic carbocycles. The molecule has 234 valence electrons. The highest BCUT2D eigenvalue weighted by Gasteiger charge is 2.37. The molecule has 4 atom stereocenters. The first kappa shape index (κ1) is 36.3. The van der Waals surface area contributed by atoms with Crippen LogP contribution in [-0.2, 0) is 28.8 Å². The fraction of sp³-hybridized carbons (Fsp3) is 0.613. The molecule has 5 amide bonds. The molecular formula is C31H49N5O6. The van der Waals surface area contributed by atoms with E-state index in [1.54, 1.807) is 20.8 Å². The maximum absolute atomic E-state index is 13.4. The van der Waals surface area contributed by atoms with Crippen LogP contribution in [0.1, 0.15) is 86.3 Å². The number of Topliss-reactive ketones (excluding diaryl/α,β-unsaturated/α-hetero) is 1. The highest BCUT2D eigenvalue weighted by atomic mass is 16.2. The first-order valence-electron chi connectivity index (χ1n) is 14.3. The van der Waals surface area contributed by atoms with Crippen molar-refractivity contribution in [3.8, 4) is 0 Å². The molecule has 11 heteroatoms. The van der Waals surface area contributed by atoms with Gasteiger partial charge in [-0.3, -0.25) is 28.8 Å². The van der Waals surface area contributed by atoms with Crippen LogP contribution in [0.3, 0.4) is 0 Å². The molecule has 0 fully saturated rings. The predicted molar refractivity (Wildman–Crippen MR) is 161 cm³/mol. The van der Waals surface area contributed by atoms with E-state index < -0.39 is 65.4 Å². The Balaban J connectivity index is 3.08. The second-order valence-corrected chi connectivity index (χ2v) is 13.1. The normalized spacial score (nSPS) is 14.4. The molecule has 0 saturated heterocycles. The standard InChI is InChI=1S/C31H49N5O6/c1-11-21(20-15-13-12-14-16-20)33-28(41)25(39)19(2)32-27(40)22(17-24(38)36(9)10)34-29(42)26(31(6,7)8)35-23(37)18-30(3,4)5/h12-16,19,21-22,26H,11,17-18H2,1-10H3,(H,32,40)(H,33,41)(H,34,42)(H,35,37)/t19?,21-,22+,26-/m1/s1. The Bertz CT molecular complexity index is 1120. The third kappa shape index (κ3) is 12.0. The molecule has 0 aliphatic rings. The van der Waals surface area contributed by atoms with Crippen molar-refractivity contribution in [3.63, 3.8) is 0 Å². The third-order valence-corrected chi connectivity index (χ3v) is 6.53. The van der Waals surface area contributed by atoms with Gasteiger partial charge in [-0.1, -0.05) is 78.8 Å². The van der Waals surface area contributed by atoms with E-state index in [-0.39, 0.29) is 17.7 Å². The van der Waals surface area contributed by atoms with E-state index in [0.717, 1.165) is 5.56 Å². The van der Waals surface area contributed by atoms with E-state index in [4.69, 9.17) is 0 Å². The van der Waals surface area contributed by atoms with Gasteiger partial charge in [0.1, 0.15) is 12.1 Å². The van der Waals surface area contributed by atoms with Crippen molar-refractivity contribution in [2.45, 2.75) is 98.8 Å². The number of carbonyl (C=O) groups excluding carboxylic acids is 6. The van der Waals surface area contributed by atoms with Crippen LogP contribution in [0.15, 0.2) is 30.3 Å². The Morgan fingerprint density at radius 2 is 1.38 bits per heavy atom. The van der Waals surface area contributed by atoms with Gasteiger partial charge in [-0.25, -0.2) is 0 Å². The molecule has 4 N–H and O–H groups in total. The lowest BCUT2D eigenvalue weighted by Crippen LogP contribution is -2.59. The molecule has 0 aliphatic heterocycles. The third-order valence-electron chi connectivity index (χ3n) is 6.53. The van der Waals surface area contributed by atoms with E-state index in [0.29, 0.717) is 6.42 Å². The molecule has 1 unspecified atom stereocenters. The van der Waals surface area contributed by atoms with Crippen molar-refractivity contribution in [3.05, 3.63) is 35.9 Å². The Kier molecular flexibility index (Phi) is 13.4. The van der Waals surface area contributed by atoms with E-state index >= 15 is 0 Å². The number of rotatable bonds is 13. The summed E-state index contributed by atoms with van der Waals surface area (Å²) in [5.41, 5.74) is -0.192. The first-order chi connectivity index (χ1) is 19.3. The highest BCUT2D eigenvalue weighted by molar-refractivity contribution is 6.38. The topological polar surface area (TPSA) is 154 Å². The minimum absolute atomic E-state index is 0.181. The summed E-state index contributed by atoms with van der Waals surface area (Å²) in [7, 11) is 3.02. The summed E-state index contributed by atoms with van der Waals surface area (Å²) in [5, 5.41) is 10.5. The molecule has 0 aromatic heterocycles. The highest BCUT2D eigenvalue weighted by Crippen LogP contribution is 2.23. The molecule has 0 spiro atoms. The summed E-state index contributed by atoms with van der Waals surface area (Å²) >= 11 is 0. The zero-order chi connectivity index (χ0) is 32.4. The van der Waals surface area contributed by atoms with Crippen molar-refractivity contribution in [1.82, 2.24) is 26.2 Å². The monoisotopic (exact) mass is 587 g/mol. The van der Waals surface area contributed by atoms with Crippen LogP contribution in [0.5, 0.6) is 0 Å². The van der Waals surface area contributed by atoms with Crippen molar-refractivity contribution in [2.75, 3.05) is 14.1 Å². The summed E-state index contributed by atoms with van der Waals surface area (Å²) in [4.78, 5) is 78.8. The molecule has 0 bridgehead atoms. The molecule has 11 nitrogen and oxygen atoms in total. The summed E-state index contributed by atoms with van der Waals surface area (Å²) in [6, 6.07) is 5.21. The van der Waals surface area contributed by atoms with E-state index in [1.807, 2.05) is 58.0 Å². The molecule has 0 saturated carbocycles. The number of hydrogen-bond donors (Lipinski definition) is 4. The Hall–Kier alpha value is -3.76. The quantitative estimate of drug-likeness (QED) is 0.260. The van der Waals surface area contributed by atoms with Gasteiger partial charge in [0.2, 0.25) is 29.4 Å². The predicted octanol–water partition coefficient (Wildman–Crippen LogP) is 2.26. The zero-order valence-electron chi connectivity index (χ0n) is 26.7. The largest absolute Gasteiger partial charge is 0.349 e. The van der Waals surface area contributed by atoms with Gasteiger partial charge in [-0.15, -0.1) is 0 Å². The van der Waals surface area contributed by atoms with Gasteiger partial charge < -0.3 is 26.2 Å². The lowest BCUT2D eigenvalue weighted by atomic mass is 9.85. The number of nitrogens with zero attached hydrogens (tertiary/aromatic N) is 1. The molecule has 0 aliphatic carbocycles. The van der Waals surface area contributed by atoms with E-state index in [1.165, 1.54) is 25.9 Å². The number of ketones is 1. The molecule has 0 radical (unpaired) electrons. The van der Waals surface area contributed by atoms with Gasteiger partial charge in [-0.2, -0.15) is 0 Å². The Morgan fingerprint density at radius 3 is 1.86 bits per heavy atom. The summed E-state index contributed by atoms with van der Waals surface area (Å²) in [6.45, 7) is 14.3. The summed E-state index contributed by atoms with van der Waals surface area (Å²) in [5.74, 6) is -3.96. The summed E-state index contributed by atoms with van der Waals surface area (Å²) in [6.07, 6.45) is 0.336. The molecular weight excluding hydrogens is 538 g/mol. The van der Waals surface area contributed by atoms with Crippen LogP contribution < -0.4 is 21.3 Å². The van der Waals surface area contributed by atoms with Crippen LogP contribution in [-0.4, -0.2) is 72.4 Å². The van der Waals surface area contributed by atoms with Gasteiger partial charge in [0.25, 0.3) is 5.91 Å². The summed E-state index contributed by atoms with van der Waals surface area (Å²) < 4.78 is 0. The fourth-order valence-corrected chi connectivity index (χ4v) is 4.10. The number of benzene rings is 1. The Labute approximate surface area is 249 Å². The first-order valence-corrected chi connectivity index (χ1v) is 14.3. The zero-order valence-corrected chi connectivity index (χ0v) is 26.7. The van der Waals surface area contributed by atoms with Gasteiger partial charge in [-0.05, 0) is 29.7 Å². The van der Waals surface area contributed by atoms with Crippen molar-refractivity contribution in [2.24, 2.45) is 10.8 Å². The van der Waals surface area contributed by atoms with Gasteiger partial charge in [0.05, 0.1) is 18.5 Å². The number of hydrogen-bond acceptors (Lipinski definition) is 6. The number of nitrogens with one attached hydrogen (secondary N) is 4. The average molecular weight is 588 g/mol. The maximum atomic E-state index is 13.4. The van der Waals surface area contributed by atoms with Crippen molar-refractivity contribution >= 4 is 35.3 Å². The van der Waals surface area contributed by atoms with Crippen LogP contribution in [0.25, 0.3) is 0 Å². The average Bonchev–Trinajstić information content (AvgIpc) is 2.87. The van der Waals surface area contributed by atoms with Gasteiger partial charge >= 0.3 is 0 Å². The van der Waals surface area contributed by atoms with Crippen LogP contribution >= 0.6 is 0 Å². The smallest absolute Gasteiger partial charge is 0.290 e. The molecule has 1 rings (SSSR count). The minimum Gasteiger partial charge on any atom is -0.349 e. The van der Waals surface area contributed by atoms with Crippen LogP contribution in [0.4, 0.5) is 0 Å². The second-order valence-electron chi connectivity index (χ2n) is 13.1. The van der Waals surface area contributed by atoms with Crippen molar-refractivity contribution < 1.29 is 28.8 Å². The van der Waals surface area contributed by atoms with E-state index in [2.05, 4.69) is 21.3 Å². The van der Waals surface area contributed by atoms with Gasteiger partial charge in [0.15, 0.2) is 0 Å². The second kappa shape index (κ2) is 15.5. The van der Waals surface area contributed by atoms with Crippen LogP contribution in [0, 0.1) is 10.8 Å². The Morgan fingerprint density at radius 1 is 0.810 bits per heavy atom. The molecule has 1 aromatic rings. The molecule has 0 heterocycles. The minimum atomic E-state index is -1.36. The fourth-order valence-electron chi connectivity index (χ4n) is 4.10. The lowest BCUT2D eigenvalue weighted by molar-refractivity contribution is -0.141. The lowest BCUT2D eigenvalue weighted by Gasteiger charge is -2.33. The number of amides is 5.